The lowest BCUT2D eigenvalue weighted by Gasteiger charge is -2.11. The van der Waals surface area contributed by atoms with Gasteiger partial charge in [0.15, 0.2) is 6.61 Å². The van der Waals surface area contributed by atoms with Gasteiger partial charge in [0.2, 0.25) is 0 Å². The van der Waals surface area contributed by atoms with E-state index in [1.165, 1.54) is 18.2 Å². The van der Waals surface area contributed by atoms with Gasteiger partial charge in [-0.1, -0.05) is 66.7 Å². The lowest BCUT2D eigenvalue weighted by atomic mass is 10.1. The van der Waals surface area contributed by atoms with Crippen molar-refractivity contribution in [1.29, 1.82) is 0 Å². The molecular weight excluding hydrogens is 381 g/mol. The quantitative estimate of drug-likeness (QED) is 0.474. The van der Waals surface area contributed by atoms with Crippen molar-refractivity contribution < 1.29 is 22.7 Å². The van der Waals surface area contributed by atoms with Crippen molar-refractivity contribution >= 4 is 12.1 Å². The molecule has 0 spiro atoms. The molecule has 4 nitrogen and oxygen atoms in total. The topological polar surface area (TPSA) is 50.7 Å². The molecule has 0 saturated heterocycles. The number of benzene rings is 3. The Bertz CT molecular complexity index is 1000. The van der Waals surface area contributed by atoms with Crippen molar-refractivity contribution in [3.8, 4) is 16.9 Å². The molecule has 3 aromatic rings. The first kappa shape index (κ1) is 20.1. The Balaban J connectivity index is 1.62. The van der Waals surface area contributed by atoms with E-state index in [-0.39, 0.29) is 12.2 Å². The van der Waals surface area contributed by atoms with E-state index in [1.807, 2.05) is 42.5 Å². The average molecular weight is 398 g/mol. The maximum atomic E-state index is 13.0. The second kappa shape index (κ2) is 9.05. The van der Waals surface area contributed by atoms with Crippen LogP contribution in [0.3, 0.4) is 0 Å². The van der Waals surface area contributed by atoms with Gasteiger partial charge >= 0.3 is 6.18 Å². The zero-order chi connectivity index (χ0) is 20.7. The van der Waals surface area contributed by atoms with Crippen molar-refractivity contribution in [1.82, 2.24) is 5.43 Å². The van der Waals surface area contributed by atoms with Crippen LogP contribution in [0.1, 0.15) is 11.1 Å². The molecular formula is C22H17F3N2O2. The van der Waals surface area contributed by atoms with E-state index in [2.05, 4.69) is 10.5 Å². The summed E-state index contributed by atoms with van der Waals surface area (Å²) in [6.45, 7) is -0.331. The highest BCUT2D eigenvalue weighted by atomic mass is 19.4. The number of halogens is 3. The second-order valence-electron chi connectivity index (χ2n) is 6.03. The SMILES string of the molecule is O=C(COc1ccccc1-c1ccccc1)N/N=C\c1ccccc1C(F)(F)F. The highest BCUT2D eigenvalue weighted by Gasteiger charge is 2.32. The zero-order valence-corrected chi connectivity index (χ0v) is 15.2. The van der Waals surface area contributed by atoms with E-state index in [1.54, 1.807) is 12.1 Å². The summed E-state index contributed by atoms with van der Waals surface area (Å²) >= 11 is 0. The number of nitrogens with zero attached hydrogens (tertiary/aromatic N) is 1. The number of amides is 1. The largest absolute Gasteiger partial charge is 0.483 e. The number of rotatable bonds is 6. The Morgan fingerprint density at radius 3 is 2.34 bits per heavy atom. The first-order valence-electron chi connectivity index (χ1n) is 8.70. The normalized spacial score (nSPS) is 11.4. The molecule has 7 heteroatoms. The number of hydrazone groups is 1. The van der Waals surface area contributed by atoms with Gasteiger partial charge in [0.1, 0.15) is 5.75 Å². The van der Waals surface area contributed by atoms with Gasteiger partial charge in [-0.15, -0.1) is 0 Å². The molecule has 0 fully saturated rings. The number of nitrogens with one attached hydrogen (secondary N) is 1. The molecule has 0 heterocycles. The number of carbonyl (C=O) groups excluding carboxylic acids is 1. The predicted molar refractivity (Wildman–Crippen MR) is 105 cm³/mol. The number of carbonyl (C=O) groups is 1. The number of hydrogen-bond acceptors (Lipinski definition) is 3. The number of alkyl halides is 3. The Hall–Kier alpha value is -3.61. The van der Waals surface area contributed by atoms with Crippen molar-refractivity contribution in [3.63, 3.8) is 0 Å². The van der Waals surface area contributed by atoms with Crippen molar-refractivity contribution in [3.05, 3.63) is 90.0 Å². The molecule has 0 radical (unpaired) electrons. The summed E-state index contributed by atoms with van der Waals surface area (Å²) in [5, 5.41) is 3.60. The lowest BCUT2D eigenvalue weighted by Crippen LogP contribution is -2.24. The predicted octanol–water partition coefficient (Wildman–Crippen LogP) is 4.90. The molecule has 0 unspecified atom stereocenters. The van der Waals surface area contributed by atoms with Gasteiger partial charge in [-0.2, -0.15) is 18.3 Å². The Kier molecular flexibility index (Phi) is 6.29. The van der Waals surface area contributed by atoms with E-state index in [0.29, 0.717) is 5.75 Å². The van der Waals surface area contributed by atoms with Crippen LogP contribution in [0.4, 0.5) is 13.2 Å². The van der Waals surface area contributed by atoms with Crippen molar-refractivity contribution in [2.24, 2.45) is 5.10 Å². The molecule has 3 aromatic carbocycles. The molecule has 0 atom stereocenters. The third-order valence-corrected chi connectivity index (χ3v) is 3.99. The Labute approximate surface area is 165 Å². The molecule has 29 heavy (non-hydrogen) atoms. The molecule has 3 rings (SSSR count). The van der Waals surface area contributed by atoms with E-state index in [0.717, 1.165) is 23.4 Å². The molecule has 0 aromatic heterocycles. The monoisotopic (exact) mass is 398 g/mol. The molecule has 0 saturated carbocycles. The summed E-state index contributed by atoms with van der Waals surface area (Å²) in [6.07, 6.45) is -3.55. The van der Waals surface area contributed by atoms with Crippen LogP contribution in [0.25, 0.3) is 11.1 Å². The van der Waals surface area contributed by atoms with Crippen molar-refractivity contribution in [2.45, 2.75) is 6.18 Å². The van der Waals surface area contributed by atoms with Crippen LogP contribution in [-0.2, 0) is 11.0 Å². The number of para-hydroxylation sites is 1. The third-order valence-electron chi connectivity index (χ3n) is 3.99. The maximum absolute atomic E-state index is 13.0. The molecule has 1 N–H and O–H groups in total. The van der Waals surface area contributed by atoms with Crippen LogP contribution in [0.15, 0.2) is 84.0 Å². The van der Waals surface area contributed by atoms with E-state index in [9.17, 15) is 18.0 Å². The third kappa shape index (κ3) is 5.44. The minimum absolute atomic E-state index is 0.143. The van der Waals surface area contributed by atoms with Crippen LogP contribution >= 0.6 is 0 Å². The summed E-state index contributed by atoms with van der Waals surface area (Å²) < 4.78 is 44.4. The number of hydrogen-bond donors (Lipinski definition) is 1. The smallest absolute Gasteiger partial charge is 0.417 e. The zero-order valence-electron chi connectivity index (χ0n) is 15.2. The van der Waals surface area contributed by atoms with Crippen LogP contribution in [0.2, 0.25) is 0 Å². The fraction of sp³-hybridized carbons (Fsp3) is 0.0909. The molecule has 0 aliphatic carbocycles. The maximum Gasteiger partial charge on any atom is 0.417 e. The highest BCUT2D eigenvalue weighted by molar-refractivity contribution is 5.84. The van der Waals surface area contributed by atoms with Crippen LogP contribution in [-0.4, -0.2) is 18.7 Å². The fourth-order valence-corrected chi connectivity index (χ4v) is 2.67. The lowest BCUT2D eigenvalue weighted by molar-refractivity contribution is -0.137. The fourth-order valence-electron chi connectivity index (χ4n) is 2.67. The van der Waals surface area contributed by atoms with Crippen LogP contribution in [0, 0.1) is 0 Å². The highest BCUT2D eigenvalue weighted by Crippen LogP contribution is 2.31. The standard InChI is InChI=1S/C22H17F3N2O2/c23-22(24,25)19-12-6-4-10-17(19)14-26-27-21(28)15-29-20-13-7-5-11-18(20)16-8-2-1-3-9-16/h1-14H,15H2,(H,27,28)/b26-14-. The minimum Gasteiger partial charge on any atom is -0.483 e. The van der Waals surface area contributed by atoms with Gasteiger partial charge < -0.3 is 4.74 Å². The Morgan fingerprint density at radius 1 is 0.931 bits per heavy atom. The summed E-state index contributed by atoms with van der Waals surface area (Å²) in [4.78, 5) is 12.0. The van der Waals surface area contributed by atoms with E-state index >= 15 is 0 Å². The Morgan fingerprint density at radius 2 is 1.59 bits per heavy atom. The second-order valence-corrected chi connectivity index (χ2v) is 6.03. The van der Waals surface area contributed by atoms with E-state index < -0.39 is 17.6 Å². The molecule has 1 amide bonds. The average Bonchev–Trinajstić information content (AvgIpc) is 2.73. The van der Waals surface area contributed by atoms with Crippen LogP contribution in [0.5, 0.6) is 5.75 Å². The van der Waals surface area contributed by atoms with Crippen molar-refractivity contribution in [2.75, 3.05) is 6.61 Å². The summed E-state index contributed by atoms with van der Waals surface area (Å²) in [5.74, 6) is -0.0751. The van der Waals surface area contributed by atoms with E-state index in [4.69, 9.17) is 4.74 Å². The summed E-state index contributed by atoms with van der Waals surface area (Å²) in [7, 11) is 0. The van der Waals surface area contributed by atoms with Gasteiger partial charge in [-0.05, 0) is 17.7 Å². The first-order valence-corrected chi connectivity index (χ1v) is 8.70. The summed E-state index contributed by atoms with van der Waals surface area (Å²) in [6, 6.07) is 21.7. The molecule has 0 aliphatic rings. The van der Waals surface area contributed by atoms with Gasteiger partial charge in [0.05, 0.1) is 11.8 Å². The van der Waals surface area contributed by atoms with Gasteiger partial charge in [-0.3, -0.25) is 4.79 Å². The van der Waals surface area contributed by atoms with Crippen LogP contribution < -0.4 is 10.2 Å². The van der Waals surface area contributed by atoms with Gasteiger partial charge in [-0.25, -0.2) is 5.43 Å². The molecule has 148 valence electrons. The summed E-state index contributed by atoms with van der Waals surface area (Å²) in [5.41, 5.74) is 2.96. The first-order chi connectivity index (χ1) is 13.9. The van der Waals surface area contributed by atoms with Gasteiger partial charge in [0, 0.05) is 11.1 Å². The number of ether oxygens (including phenoxy) is 1. The van der Waals surface area contributed by atoms with Gasteiger partial charge in [0.25, 0.3) is 5.91 Å². The molecule has 0 bridgehead atoms. The molecule has 0 aliphatic heterocycles. The minimum atomic E-state index is -4.50.